The summed E-state index contributed by atoms with van der Waals surface area (Å²) in [4.78, 5) is 28.2. The molecule has 4 heterocycles. The maximum atomic E-state index is 15.0. The Morgan fingerprint density at radius 3 is 2.79 bits per heavy atom. The van der Waals surface area contributed by atoms with Crippen LogP contribution < -0.4 is 14.8 Å². The van der Waals surface area contributed by atoms with Crippen molar-refractivity contribution >= 4 is 33.8 Å². The van der Waals surface area contributed by atoms with Crippen LogP contribution in [0.2, 0.25) is 0 Å². The van der Waals surface area contributed by atoms with Crippen LogP contribution in [0.15, 0.2) is 79.3 Å². The fourth-order valence-corrected chi connectivity index (χ4v) is 5.38. The first-order valence-corrected chi connectivity index (χ1v) is 14.4. The molecule has 1 saturated heterocycles. The molecule has 220 valence electrons. The van der Waals surface area contributed by atoms with E-state index >= 15 is 0 Å². The summed E-state index contributed by atoms with van der Waals surface area (Å²) < 4.78 is 28.8. The first kappa shape index (κ1) is 28.3. The highest BCUT2D eigenvalue weighted by molar-refractivity contribution is 5.97. The lowest BCUT2D eigenvalue weighted by Gasteiger charge is -2.16. The highest BCUT2D eigenvalue weighted by Gasteiger charge is 2.22. The molecule has 1 atom stereocenters. The van der Waals surface area contributed by atoms with Crippen molar-refractivity contribution in [3.63, 3.8) is 0 Å². The highest BCUT2D eigenvalue weighted by atomic mass is 19.1. The number of likely N-dealkylation sites (tertiary alicyclic amines) is 1. The predicted octanol–water partition coefficient (Wildman–Crippen LogP) is 6.58. The molecule has 0 spiro atoms. The molecule has 0 radical (unpaired) electrons. The number of Topliss-reactive ketones (excluding diaryl/α,β-unsaturated/α-hetero) is 1. The van der Waals surface area contributed by atoms with Crippen LogP contribution in [0, 0.1) is 6.92 Å². The number of allylic oxidation sites excluding steroid dienone is 1. The van der Waals surface area contributed by atoms with Gasteiger partial charge in [0.2, 0.25) is 0 Å². The molecule has 0 saturated carbocycles. The number of hydrogen-bond donors (Lipinski definition) is 1. The van der Waals surface area contributed by atoms with Crippen LogP contribution in [-0.2, 0) is 11.2 Å². The number of fused-ring (bicyclic) bond motifs is 2. The van der Waals surface area contributed by atoms with Gasteiger partial charge in [-0.1, -0.05) is 0 Å². The third-order valence-electron chi connectivity index (χ3n) is 7.69. The van der Waals surface area contributed by atoms with Crippen LogP contribution in [0.5, 0.6) is 17.2 Å². The minimum absolute atomic E-state index is 0.0587. The number of likely N-dealkylation sites (N-methyl/N-ethyl adjacent to an activating group) is 1. The summed E-state index contributed by atoms with van der Waals surface area (Å²) in [5.41, 5.74) is 3.75. The van der Waals surface area contributed by atoms with E-state index in [1.807, 2.05) is 74.1 Å². The summed E-state index contributed by atoms with van der Waals surface area (Å²) in [7, 11) is 1.95. The smallest absolute Gasteiger partial charge is 0.195 e. The lowest BCUT2D eigenvalue weighted by Crippen LogP contribution is -2.23. The Morgan fingerprint density at radius 2 is 2.00 bits per heavy atom. The van der Waals surface area contributed by atoms with Crippen molar-refractivity contribution in [2.45, 2.75) is 39.2 Å². The Kier molecular flexibility index (Phi) is 8.02. The molecular weight excluding hydrogens is 547 g/mol. The maximum Gasteiger partial charge on any atom is 0.195 e. The van der Waals surface area contributed by atoms with E-state index in [1.54, 1.807) is 12.3 Å². The molecule has 6 rings (SSSR count). The van der Waals surface area contributed by atoms with Crippen molar-refractivity contribution in [2.24, 2.45) is 0 Å². The Labute approximate surface area is 249 Å². The quantitative estimate of drug-likeness (QED) is 0.185. The molecule has 2 aromatic carbocycles. The zero-order chi connectivity index (χ0) is 29.9. The van der Waals surface area contributed by atoms with Gasteiger partial charge in [-0.25, -0.2) is 19.3 Å². The van der Waals surface area contributed by atoms with E-state index in [2.05, 4.69) is 25.2 Å². The molecule has 0 aliphatic carbocycles. The van der Waals surface area contributed by atoms with Gasteiger partial charge in [0.05, 0.1) is 12.1 Å². The van der Waals surface area contributed by atoms with Crippen molar-refractivity contribution in [2.75, 3.05) is 25.5 Å². The molecule has 1 aliphatic rings. The van der Waals surface area contributed by atoms with Gasteiger partial charge in [0.1, 0.15) is 35.0 Å². The SMILES string of the molecule is CCOc1cc2ncnc(Nc3ccc(Oc4ccn5ccnc5c4)c(C)c3)c2cc1CC(=O)/C(F)=C/[C@@H]1CCCN1C. The van der Waals surface area contributed by atoms with E-state index in [0.29, 0.717) is 40.4 Å². The molecule has 1 N–H and O–H groups in total. The molecule has 1 aliphatic heterocycles. The van der Waals surface area contributed by atoms with Gasteiger partial charge < -0.3 is 19.2 Å². The fraction of sp³-hybridized carbons (Fsp3) is 0.273. The number of nitrogens with zero attached hydrogens (tertiary/aromatic N) is 5. The third-order valence-corrected chi connectivity index (χ3v) is 7.69. The molecule has 1 fully saturated rings. The number of benzene rings is 2. The predicted molar refractivity (Wildman–Crippen MR) is 164 cm³/mol. The highest BCUT2D eigenvalue weighted by Crippen LogP contribution is 2.33. The summed E-state index contributed by atoms with van der Waals surface area (Å²) in [6, 6.07) is 13.1. The first-order chi connectivity index (χ1) is 20.9. The number of aryl methyl sites for hydroxylation is 1. The largest absolute Gasteiger partial charge is 0.494 e. The zero-order valence-corrected chi connectivity index (χ0v) is 24.4. The number of halogens is 1. The van der Waals surface area contributed by atoms with E-state index < -0.39 is 11.6 Å². The van der Waals surface area contributed by atoms with E-state index in [0.717, 1.165) is 42.0 Å². The first-order valence-electron chi connectivity index (χ1n) is 14.4. The standard InChI is InChI=1S/C33H33FN6O3/c1-4-42-31-19-28-26(15-22(31)16-29(41)27(34)17-24-6-5-11-39(24)3)33(37-20-36-28)38-23-7-8-30(21(2)14-23)43-25-9-12-40-13-10-35-32(40)18-25/h7-10,12-15,17-20,24H,4-6,11,16H2,1-3H3,(H,36,37,38)/b27-17-/t24-/m0/s1. The van der Waals surface area contributed by atoms with Crippen molar-refractivity contribution in [1.29, 1.82) is 0 Å². The van der Waals surface area contributed by atoms with Crippen LogP contribution in [0.25, 0.3) is 16.6 Å². The maximum absolute atomic E-state index is 15.0. The van der Waals surface area contributed by atoms with Crippen molar-refractivity contribution < 1.29 is 18.7 Å². The van der Waals surface area contributed by atoms with E-state index in [-0.39, 0.29) is 12.5 Å². The van der Waals surface area contributed by atoms with Crippen molar-refractivity contribution in [3.8, 4) is 17.2 Å². The number of ether oxygens (including phenoxy) is 2. The van der Waals surface area contributed by atoms with E-state index in [1.165, 1.54) is 12.4 Å². The van der Waals surface area contributed by atoms with Crippen LogP contribution in [0.3, 0.4) is 0 Å². The van der Waals surface area contributed by atoms with Gasteiger partial charge in [0.25, 0.3) is 0 Å². The fourth-order valence-electron chi connectivity index (χ4n) is 5.38. The topological polar surface area (TPSA) is 93.9 Å². The molecule has 43 heavy (non-hydrogen) atoms. The van der Waals surface area contributed by atoms with Crippen molar-refractivity contribution in [1.82, 2.24) is 24.3 Å². The third kappa shape index (κ3) is 6.19. The normalized spacial score (nSPS) is 15.7. The van der Waals surface area contributed by atoms with Gasteiger partial charge in [0, 0.05) is 59.8 Å². The number of hydrogen-bond acceptors (Lipinski definition) is 8. The van der Waals surface area contributed by atoms with Gasteiger partial charge in [-0.15, -0.1) is 0 Å². The molecule has 5 aromatic rings. The van der Waals surface area contributed by atoms with Crippen LogP contribution in [0.1, 0.15) is 30.9 Å². The lowest BCUT2D eigenvalue weighted by molar-refractivity contribution is -0.116. The molecule has 0 bridgehead atoms. The summed E-state index contributed by atoms with van der Waals surface area (Å²) in [6.07, 6.45) is 10.1. The monoisotopic (exact) mass is 580 g/mol. The average Bonchev–Trinajstić information content (AvgIpc) is 3.63. The second-order valence-electron chi connectivity index (χ2n) is 10.7. The molecule has 9 nitrogen and oxygen atoms in total. The number of nitrogens with one attached hydrogen (secondary N) is 1. The Bertz CT molecular complexity index is 1830. The number of imidazole rings is 1. The van der Waals surface area contributed by atoms with Gasteiger partial charge in [-0.05, 0) is 82.3 Å². The van der Waals surface area contributed by atoms with Crippen LogP contribution in [0.4, 0.5) is 15.9 Å². The van der Waals surface area contributed by atoms with Gasteiger partial charge in [-0.3, -0.25) is 9.69 Å². The van der Waals surface area contributed by atoms with Gasteiger partial charge in [-0.2, -0.15) is 0 Å². The molecule has 10 heteroatoms. The second kappa shape index (κ2) is 12.2. The summed E-state index contributed by atoms with van der Waals surface area (Å²) >= 11 is 0. The number of rotatable bonds is 10. The van der Waals surface area contributed by atoms with E-state index in [4.69, 9.17) is 9.47 Å². The minimum atomic E-state index is -0.716. The summed E-state index contributed by atoms with van der Waals surface area (Å²) in [6.45, 7) is 5.13. The second-order valence-corrected chi connectivity index (χ2v) is 10.7. The van der Waals surface area contributed by atoms with E-state index in [9.17, 15) is 9.18 Å². The molecule has 0 unspecified atom stereocenters. The Hall–Kier alpha value is -4.83. The number of carbonyl (C=O) groups is 1. The number of carbonyl (C=O) groups excluding carboxylic acids is 1. The molecular formula is C33H33FN6O3. The molecule has 0 amide bonds. The minimum Gasteiger partial charge on any atom is -0.494 e. The molecule has 3 aromatic heterocycles. The summed E-state index contributed by atoms with van der Waals surface area (Å²) in [5.74, 6) is 1.18. The van der Waals surface area contributed by atoms with Gasteiger partial charge in [0.15, 0.2) is 11.6 Å². The Balaban J connectivity index is 1.25. The number of anilines is 2. The summed E-state index contributed by atoms with van der Waals surface area (Å²) in [5, 5.41) is 4.06. The lowest BCUT2D eigenvalue weighted by atomic mass is 10.0. The van der Waals surface area contributed by atoms with Crippen LogP contribution in [-0.4, -0.2) is 56.3 Å². The average molecular weight is 581 g/mol. The van der Waals surface area contributed by atoms with Gasteiger partial charge >= 0.3 is 0 Å². The Morgan fingerprint density at radius 1 is 1.12 bits per heavy atom. The number of pyridine rings is 1. The van der Waals surface area contributed by atoms with Crippen molar-refractivity contribution in [3.05, 3.63) is 90.4 Å². The van der Waals surface area contributed by atoms with Crippen LogP contribution >= 0.6 is 0 Å². The number of ketones is 1. The zero-order valence-electron chi connectivity index (χ0n) is 24.4. The number of aromatic nitrogens is 4.